The predicted octanol–water partition coefficient (Wildman–Crippen LogP) is 0.369. The van der Waals surface area contributed by atoms with E-state index >= 15 is 0 Å². The maximum atomic E-state index is 12.3. The first-order chi connectivity index (χ1) is 7.94. The van der Waals surface area contributed by atoms with Crippen molar-refractivity contribution in [1.29, 1.82) is 0 Å². The molecule has 0 radical (unpaired) electrons. The monoisotopic (exact) mass is 254 g/mol. The van der Waals surface area contributed by atoms with Gasteiger partial charge >= 0.3 is 6.18 Å². The number of carbonyl (C=O) groups is 1. The lowest BCUT2D eigenvalue weighted by Crippen LogP contribution is -2.47. The molecule has 0 aromatic carbocycles. The van der Waals surface area contributed by atoms with Gasteiger partial charge in [0.2, 0.25) is 5.91 Å². The first-order valence-electron chi connectivity index (χ1n) is 5.61. The highest BCUT2D eigenvalue weighted by molar-refractivity contribution is 5.79. The second-order valence-electron chi connectivity index (χ2n) is 4.14. The number of aliphatic hydroxyl groups is 1. The number of carbonyl (C=O) groups excluding carboxylic acids is 1. The summed E-state index contributed by atoms with van der Waals surface area (Å²) in [5.74, 6) is -0.929. The van der Waals surface area contributed by atoms with Crippen molar-refractivity contribution < 1.29 is 23.1 Å². The molecule has 1 aliphatic rings. The molecule has 0 aliphatic carbocycles. The van der Waals surface area contributed by atoms with E-state index in [1.807, 2.05) is 0 Å². The van der Waals surface area contributed by atoms with E-state index in [1.165, 1.54) is 0 Å². The molecule has 1 saturated heterocycles. The van der Waals surface area contributed by atoms with Gasteiger partial charge in [-0.05, 0) is 19.4 Å². The number of halogens is 3. The van der Waals surface area contributed by atoms with Crippen LogP contribution in [0, 0.1) is 5.92 Å². The molecule has 1 heterocycles. The van der Waals surface area contributed by atoms with E-state index in [0.717, 1.165) is 13.0 Å². The third-order valence-electron chi connectivity index (χ3n) is 2.70. The van der Waals surface area contributed by atoms with E-state index < -0.39 is 31.2 Å². The van der Waals surface area contributed by atoms with Gasteiger partial charge in [0.05, 0.1) is 12.5 Å². The number of rotatable bonds is 4. The first-order valence-corrected chi connectivity index (χ1v) is 5.61. The highest BCUT2D eigenvalue weighted by atomic mass is 19.4. The summed E-state index contributed by atoms with van der Waals surface area (Å²) in [7, 11) is 0. The molecule has 1 fully saturated rings. The highest BCUT2D eigenvalue weighted by Gasteiger charge is 2.35. The van der Waals surface area contributed by atoms with Crippen LogP contribution in [0.2, 0.25) is 0 Å². The van der Waals surface area contributed by atoms with Gasteiger partial charge in [0.15, 0.2) is 0 Å². The van der Waals surface area contributed by atoms with Crippen molar-refractivity contribution in [2.45, 2.75) is 19.0 Å². The molecule has 2 N–H and O–H groups in total. The molecule has 1 rings (SSSR count). The molecule has 0 spiro atoms. The normalized spacial score (nSPS) is 21.3. The quantitative estimate of drug-likeness (QED) is 0.762. The summed E-state index contributed by atoms with van der Waals surface area (Å²) in [5, 5.41) is 11.7. The molecule has 1 aliphatic heterocycles. The minimum absolute atomic E-state index is 0.269. The first kappa shape index (κ1) is 14.2. The van der Waals surface area contributed by atoms with Crippen molar-refractivity contribution in [3.8, 4) is 0 Å². The summed E-state index contributed by atoms with van der Waals surface area (Å²) < 4.78 is 36.8. The zero-order valence-electron chi connectivity index (χ0n) is 9.46. The number of piperidine rings is 1. The van der Waals surface area contributed by atoms with Crippen LogP contribution in [0.3, 0.4) is 0 Å². The number of amides is 1. The van der Waals surface area contributed by atoms with Gasteiger partial charge in [-0.2, -0.15) is 13.2 Å². The number of alkyl halides is 3. The number of hydrogen-bond acceptors (Lipinski definition) is 3. The molecular weight excluding hydrogens is 237 g/mol. The van der Waals surface area contributed by atoms with Gasteiger partial charge in [-0.25, -0.2) is 0 Å². The summed E-state index contributed by atoms with van der Waals surface area (Å²) in [5.41, 5.74) is 0. The Morgan fingerprint density at radius 1 is 1.47 bits per heavy atom. The Morgan fingerprint density at radius 3 is 2.65 bits per heavy atom. The maximum Gasteiger partial charge on any atom is 0.406 e. The Hall–Kier alpha value is -0.820. The summed E-state index contributed by atoms with van der Waals surface area (Å²) in [6.07, 6.45) is -3.03. The topological polar surface area (TPSA) is 52.6 Å². The van der Waals surface area contributed by atoms with Crippen LogP contribution >= 0.6 is 0 Å². The van der Waals surface area contributed by atoms with E-state index in [2.05, 4.69) is 5.32 Å². The zero-order valence-corrected chi connectivity index (χ0v) is 9.46. The van der Waals surface area contributed by atoms with E-state index in [-0.39, 0.29) is 6.54 Å². The molecule has 7 heteroatoms. The molecule has 1 amide bonds. The molecule has 17 heavy (non-hydrogen) atoms. The zero-order chi connectivity index (χ0) is 12.9. The van der Waals surface area contributed by atoms with Crippen LogP contribution in [0.25, 0.3) is 0 Å². The number of nitrogens with one attached hydrogen (secondary N) is 1. The third-order valence-corrected chi connectivity index (χ3v) is 2.70. The highest BCUT2D eigenvalue weighted by Crippen LogP contribution is 2.19. The van der Waals surface area contributed by atoms with Gasteiger partial charge in [0, 0.05) is 13.1 Å². The molecule has 0 aromatic rings. The Balaban J connectivity index is 2.58. The van der Waals surface area contributed by atoms with Gasteiger partial charge in [0.25, 0.3) is 0 Å². The van der Waals surface area contributed by atoms with Gasteiger partial charge in [-0.3, -0.25) is 4.79 Å². The van der Waals surface area contributed by atoms with E-state index in [1.54, 1.807) is 0 Å². The molecule has 0 aromatic heterocycles. The number of nitrogens with zero attached hydrogens (tertiary/aromatic N) is 1. The Bertz CT molecular complexity index is 252. The van der Waals surface area contributed by atoms with E-state index in [4.69, 9.17) is 5.11 Å². The molecule has 0 unspecified atom stereocenters. The lowest BCUT2D eigenvalue weighted by Gasteiger charge is -2.29. The van der Waals surface area contributed by atoms with Crippen molar-refractivity contribution in [2.75, 3.05) is 32.8 Å². The van der Waals surface area contributed by atoms with Crippen molar-refractivity contribution in [3.63, 3.8) is 0 Å². The predicted molar refractivity (Wildman–Crippen MR) is 55.3 cm³/mol. The average Bonchev–Trinajstić information content (AvgIpc) is 2.27. The minimum Gasteiger partial charge on any atom is -0.395 e. The Morgan fingerprint density at radius 2 is 2.18 bits per heavy atom. The molecule has 4 nitrogen and oxygen atoms in total. The van der Waals surface area contributed by atoms with Crippen molar-refractivity contribution >= 4 is 5.91 Å². The van der Waals surface area contributed by atoms with E-state index in [0.29, 0.717) is 17.9 Å². The average molecular weight is 254 g/mol. The second kappa shape index (κ2) is 6.20. The van der Waals surface area contributed by atoms with Crippen LogP contribution in [0.15, 0.2) is 0 Å². The van der Waals surface area contributed by atoms with Gasteiger partial charge in [-0.1, -0.05) is 0 Å². The van der Waals surface area contributed by atoms with Crippen LogP contribution in [-0.2, 0) is 4.79 Å². The molecule has 0 bridgehead atoms. The van der Waals surface area contributed by atoms with Gasteiger partial charge in [0.1, 0.15) is 6.54 Å². The van der Waals surface area contributed by atoms with Crippen LogP contribution in [0.1, 0.15) is 12.8 Å². The van der Waals surface area contributed by atoms with Crippen molar-refractivity contribution in [2.24, 2.45) is 5.92 Å². The van der Waals surface area contributed by atoms with E-state index in [9.17, 15) is 18.0 Å². The SMILES string of the molecule is O=C([C@@H]1CCCNC1)N(CCO)CC(F)(F)F. The molecule has 1 atom stereocenters. The Labute approximate surface area is 97.8 Å². The minimum atomic E-state index is -4.42. The lowest BCUT2D eigenvalue weighted by molar-refractivity contribution is -0.164. The molecular formula is C10H17F3N2O2. The van der Waals surface area contributed by atoms with Crippen LogP contribution in [0.5, 0.6) is 0 Å². The fourth-order valence-electron chi connectivity index (χ4n) is 1.93. The van der Waals surface area contributed by atoms with Crippen LogP contribution < -0.4 is 5.32 Å². The van der Waals surface area contributed by atoms with Crippen molar-refractivity contribution in [3.05, 3.63) is 0 Å². The number of hydrogen-bond donors (Lipinski definition) is 2. The smallest absolute Gasteiger partial charge is 0.395 e. The van der Waals surface area contributed by atoms with Gasteiger partial charge < -0.3 is 15.3 Å². The summed E-state index contributed by atoms with van der Waals surface area (Å²) in [6.45, 7) is -0.804. The molecule has 100 valence electrons. The fourth-order valence-corrected chi connectivity index (χ4v) is 1.93. The third kappa shape index (κ3) is 4.91. The fraction of sp³-hybridized carbons (Fsp3) is 0.900. The second-order valence-corrected chi connectivity index (χ2v) is 4.14. The largest absolute Gasteiger partial charge is 0.406 e. The lowest BCUT2D eigenvalue weighted by atomic mass is 9.98. The molecule has 0 saturated carbocycles. The summed E-state index contributed by atoms with van der Waals surface area (Å²) in [4.78, 5) is 12.5. The maximum absolute atomic E-state index is 12.3. The number of aliphatic hydroxyl groups excluding tert-OH is 1. The van der Waals surface area contributed by atoms with Crippen molar-refractivity contribution in [1.82, 2.24) is 10.2 Å². The van der Waals surface area contributed by atoms with Crippen LogP contribution in [-0.4, -0.2) is 54.9 Å². The van der Waals surface area contributed by atoms with Gasteiger partial charge in [-0.15, -0.1) is 0 Å². The summed E-state index contributed by atoms with van der Waals surface area (Å²) >= 11 is 0. The standard InChI is InChI=1S/C10H17F3N2O2/c11-10(12,13)7-15(4-5-16)9(17)8-2-1-3-14-6-8/h8,14,16H,1-7H2/t8-/m1/s1. The van der Waals surface area contributed by atoms with Crippen LogP contribution in [0.4, 0.5) is 13.2 Å². The summed E-state index contributed by atoms with van der Waals surface area (Å²) in [6, 6.07) is 0. The Kier molecular flexibility index (Phi) is 5.20.